The predicted molar refractivity (Wildman–Crippen MR) is 115 cm³/mol. The Morgan fingerprint density at radius 2 is 0.852 bits per heavy atom. The minimum Gasteiger partial charge on any atom is -1.00 e. The Morgan fingerprint density at radius 3 is 1.11 bits per heavy atom. The summed E-state index contributed by atoms with van der Waals surface area (Å²) in [5, 5.41) is 0. The summed E-state index contributed by atoms with van der Waals surface area (Å²) in [4.78, 5) is 0. The molecule has 2 atom stereocenters. The van der Waals surface area contributed by atoms with Crippen molar-refractivity contribution in [2.24, 2.45) is 0 Å². The van der Waals surface area contributed by atoms with Crippen molar-refractivity contribution in [3.8, 4) is 0 Å². The zero-order chi connectivity index (χ0) is 18.9. The molecule has 2 aliphatic rings. The van der Waals surface area contributed by atoms with Crippen LogP contribution in [0.1, 0.15) is 105 Å². The van der Waals surface area contributed by atoms with Gasteiger partial charge in [-0.05, 0) is 38.5 Å². The van der Waals surface area contributed by atoms with E-state index in [0.29, 0.717) is 0 Å². The summed E-state index contributed by atoms with van der Waals surface area (Å²) in [6, 6.07) is 1.95. The summed E-state index contributed by atoms with van der Waals surface area (Å²) in [6.07, 6.45) is 17.3. The van der Waals surface area contributed by atoms with E-state index in [4.69, 9.17) is 0 Å². The molecule has 0 aromatic heterocycles. The summed E-state index contributed by atoms with van der Waals surface area (Å²) in [6.45, 7) is 18.4. The Bertz CT molecular complexity index is 333. The van der Waals surface area contributed by atoms with Gasteiger partial charge in [0.05, 0.1) is 26.2 Å². The number of halogens is 1. The average Bonchev–Trinajstić information content (AvgIpc) is 2.69. The van der Waals surface area contributed by atoms with E-state index in [1.807, 2.05) is 0 Å². The standard InChI is InChI=1S/C24H50N2.ClH/c1-5-9-17-25(18-10-6-2)21-22-26(19-11-7-3,20-12-8-4)24-16-14-13-15-23(24)25;/h23-24H,5-22H2,1-4H3;1H/q+2;/p-1/t23-,24-;/m0./s1. The minimum atomic E-state index is 0. The van der Waals surface area contributed by atoms with Crippen LogP contribution in [0.3, 0.4) is 0 Å². The molecule has 3 heteroatoms. The van der Waals surface area contributed by atoms with Crippen LogP contribution in [0, 0.1) is 0 Å². The number of quaternary nitrogens is 2. The molecule has 2 nitrogen and oxygen atoms in total. The first-order valence-electron chi connectivity index (χ1n) is 12.4. The number of rotatable bonds is 12. The smallest absolute Gasteiger partial charge is 0.142 e. The molecule has 0 aromatic rings. The molecule has 0 N–H and O–H groups in total. The largest absolute Gasteiger partial charge is 1.00 e. The molecule has 2 fully saturated rings. The van der Waals surface area contributed by atoms with E-state index in [1.54, 1.807) is 0 Å². The molecule has 1 aliphatic heterocycles. The molecule has 1 saturated carbocycles. The van der Waals surface area contributed by atoms with Crippen molar-refractivity contribution in [1.29, 1.82) is 0 Å². The van der Waals surface area contributed by atoms with Crippen LogP contribution in [0.5, 0.6) is 0 Å². The second kappa shape index (κ2) is 12.7. The molecule has 2 rings (SSSR count). The van der Waals surface area contributed by atoms with Crippen LogP contribution in [-0.4, -0.2) is 60.3 Å². The molecular weight excluding hydrogens is 352 g/mol. The van der Waals surface area contributed by atoms with Crippen molar-refractivity contribution < 1.29 is 21.4 Å². The number of fused-ring (bicyclic) bond motifs is 1. The van der Waals surface area contributed by atoms with E-state index in [9.17, 15) is 0 Å². The summed E-state index contributed by atoms with van der Waals surface area (Å²) >= 11 is 0. The molecule has 162 valence electrons. The van der Waals surface area contributed by atoms with Crippen LogP contribution in [-0.2, 0) is 0 Å². The van der Waals surface area contributed by atoms with E-state index in [-0.39, 0.29) is 12.4 Å². The van der Waals surface area contributed by atoms with Gasteiger partial charge >= 0.3 is 0 Å². The first kappa shape index (κ1) is 25.2. The molecule has 0 amide bonds. The fourth-order valence-electron chi connectivity index (χ4n) is 6.33. The number of hydrogen-bond donors (Lipinski definition) is 0. The van der Waals surface area contributed by atoms with Crippen molar-refractivity contribution in [2.45, 2.75) is 117 Å². The van der Waals surface area contributed by atoms with Crippen molar-refractivity contribution in [3.63, 3.8) is 0 Å². The van der Waals surface area contributed by atoms with E-state index >= 15 is 0 Å². The van der Waals surface area contributed by atoms with Gasteiger partial charge in [-0.15, -0.1) is 0 Å². The molecular formula is C24H50ClN2+. The molecule has 1 aliphatic carbocycles. The van der Waals surface area contributed by atoms with E-state index in [2.05, 4.69) is 27.7 Å². The Labute approximate surface area is 177 Å². The quantitative estimate of drug-likeness (QED) is 0.440. The highest BCUT2D eigenvalue weighted by molar-refractivity contribution is 4.83. The monoisotopic (exact) mass is 401 g/mol. The summed E-state index contributed by atoms with van der Waals surface area (Å²) < 4.78 is 3.01. The summed E-state index contributed by atoms with van der Waals surface area (Å²) in [7, 11) is 0. The molecule has 0 bridgehead atoms. The van der Waals surface area contributed by atoms with Crippen molar-refractivity contribution in [2.75, 3.05) is 39.3 Å². The van der Waals surface area contributed by atoms with Gasteiger partial charge in [0.1, 0.15) is 25.2 Å². The van der Waals surface area contributed by atoms with Gasteiger partial charge in [-0.1, -0.05) is 53.4 Å². The zero-order valence-corrected chi connectivity index (χ0v) is 19.9. The maximum absolute atomic E-state index is 2.39. The number of piperazine rings is 1. The van der Waals surface area contributed by atoms with Crippen LogP contribution >= 0.6 is 0 Å². The highest BCUT2D eigenvalue weighted by atomic mass is 35.5. The topological polar surface area (TPSA) is 0 Å². The number of nitrogens with zero attached hydrogens (tertiary/aromatic N) is 2. The van der Waals surface area contributed by atoms with Gasteiger partial charge in [0.25, 0.3) is 0 Å². The fourth-order valence-corrected chi connectivity index (χ4v) is 6.33. The van der Waals surface area contributed by atoms with Gasteiger partial charge in [0, 0.05) is 12.8 Å². The molecule has 0 unspecified atom stereocenters. The van der Waals surface area contributed by atoms with Crippen LogP contribution in [0.15, 0.2) is 0 Å². The summed E-state index contributed by atoms with van der Waals surface area (Å²) in [5.41, 5.74) is 0. The van der Waals surface area contributed by atoms with Crippen molar-refractivity contribution >= 4 is 0 Å². The second-order valence-corrected chi connectivity index (χ2v) is 9.61. The van der Waals surface area contributed by atoms with E-state index < -0.39 is 0 Å². The summed E-state index contributed by atoms with van der Waals surface area (Å²) in [5.74, 6) is 0. The van der Waals surface area contributed by atoms with Gasteiger partial charge in [-0.3, -0.25) is 0 Å². The maximum atomic E-state index is 2.39. The third-order valence-electron chi connectivity index (χ3n) is 7.92. The Kier molecular flexibility index (Phi) is 11.9. The van der Waals surface area contributed by atoms with Crippen molar-refractivity contribution in [3.05, 3.63) is 0 Å². The second-order valence-electron chi connectivity index (χ2n) is 9.61. The molecule has 1 heterocycles. The minimum absolute atomic E-state index is 0. The molecule has 27 heavy (non-hydrogen) atoms. The number of unbranched alkanes of at least 4 members (excludes halogenated alkanes) is 4. The Balaban J connectivity index is 0.00000364. The zero-order valence-electron chi connectivity index (χ0n) is 19.2. The lowest BCUT2D eigenvalue weighted by molar-refractivity contribution is -1.07. The first-order valence-corrected chi connectivity index (χ1v) is 12.4. The van der Waals surface area contributed by atoms with Gasteiger partial charge in [-0.25, -0.2) is 0 Å². The Hall–Kier alpha value is 0.210. The normalized spacial score (nSPS) is 26.2. The third-order valence-corrected chi connectivity index (χ3v) is 7.92. The van der Waals surface area contributed by atoms with Crippen LogP contribution in [0.2, 0.25) is 0 Å². The average molecular weight is 402 g/mol. The predicted octanol–water partition coefficient (Wildman–Crippen LogP) is 3.15. The van der Waals surface area contributed by atoms with E-state index in [1.165, 1.54) is 125 Å². The lowest BCUT2D eigenvalue weighted by Crippen LogP contribution is -3.00. The van der Waals surface area contributed by atoms with Crippen LogP contribution in [0.4, 0.5) is 0 Å². The fraction of sp³-hybridized carbons (Fsp3) is 1.00. The van der Waals surface area contributed by atoms with Gasteiger partial charge in [-0.2, -0.15) is 0 Å². The highest BCUT2D eigenvalue weighted by Gasteiger charge is 2.56. The van der Waals surface area contributed by atoms with Crippen LogP contribution in [0.25, 0.3) is 0 Å². The molecule has 0 aromatic carbocycles. The lowest BCUT2D eigenvalue weighted by Gasteiger charge is -2.60. The van der Waals surface area contributed by atoms with Gasteiger partial charge in [0.15, 0.2) is 0 Å². The number of hydrogen-bond acceptors (Lipinski definition) is 0. The SMILES string of the molecule is CCCC[N+]1(CCCC)CC[N+](CCCC)(CCCC)[C@H]2CCCC[C@@H]21.[Cl-]. The Morgan fingerprint density at radius 1 is 0.556 bits per heavy atom. The first-order chi connectivity index (χ1) is 12.7. The van der Waals surface area contributed by atoms with E-state index in [0.717, 1.165) is 12.1 Å². The molecule has 0 radical (unpaired) electrons. The molecule has 0 spiro atoms. The highest BCUT2D eigenvalue weighted by Crippen LogP contribution is 2.41. The van der Waals surface area contributed by atoms with Gasteiger partial charge < -0.3 is 21.4 Å². The van der Waals surface area contributed by atoms with Crippen LogP contribution < -0.4 is 12.4 Å². The lowest BCUT2D eigenvalue weighted by atomic mass is 9.81. The van der Waals surface area contributed by atoms with Gasteiger partial charge in [0.2, 0.25) is 0 Å². The van der Waals surface area contributed by atoms with Crippen molar-refractivity contribution in [1.82, 2.24) is 0 Å². The maximum Gasteiger partial charge on any atom is 0.142 e. The molecule has 1 saturated heterocycles. The third kappa shape index (κ3) is 6.09.